The molecule has 1 rings (SSSR count). The van der Waals surface area contributed by atoms with Crippen LogP contribution in [0.3, 0.4) is 0 Å². The summed E-state index contributed by atoms with van der Waals surface area (Å²) < 4.78 is 0. The standard InChI is InChI=1S/C17H26O2/c1-14(8-5-6-13-18)9-10-15-16(2,3)11-7-12-17(15,4)19/h5-6,8-9,18-19H,7,11-13H2,1-4H3/b6-5+,14-8+/t10?,17-/m1/s1. The monoisotopic (exact) mass is 262 g/mol. The van der Waals surface area contributed by atoms with Gasteiger partial charge < -0.3 is 10.2 Å². The zero-order valence-corrected chi connectivity index (χ0v) is 12.5. The molecule has 0 aromatic rings. The Balaban J connectivity index is 3.05. The summed E-state index contributed by atoms with van der Waals surface area (Å²) in [6.07, 6.45) is 10.3. The highest BCUT2D eigenvalue weighted by Crippen LogP contribution is 2.45. The first-order valence-corrected chi connectivity index (χ1v) is 6.94. The molecule has 2 heteroatoms. The highest BCUT2D eigenvalue weighted by molar-refractivity contribution is 5.29. The second kappa shape index (κ2) is 6.38. The van der Waals surface area contributed by atoms with Crippen LogP contribution in [0.15, 0.2) is 41.2 Å². The van der Waals surface area contributed by atoms with Crippen molar-refractivity contribution in [3.8, 4) is 0 Å². The molecule has 106 valence electrons. The fraction of sp³-hybridized carbons (Fsp3) is 0.588. The van der Waals surface area contributed by atoms with Crippen molar-refractivity contribution >= 4 is 0 Å². The van der Waals surface area contributed by atoms with E-state index in [0.717, 1.165) is 30.4 Å². The van der Waals surface area contributed by atoms with E-state index in [1.54, 1.807) is 6.08 Å². The molecule has 0 unspecified atom stereocenters. The Labute approximate surface area is 116 Å². The maximum absolute atomic E-state index is 10.5. The van der Waals surface area contributed by atoms with E-state index in [0.29, 0.717) is 0 Å². The third kappa shape index (κ3) is 4.50. The number of aliphatic hydroxyl groups excluding tert-OH is 1. The van der Waals surface area contributed by atoms with Crippen LogP contribution in [0, 0.1) is 5.41 Å². The molecule has 0 amide bonds. The SMILES string of the molecule is C/C(C=C=C1C(C)(C)CCC[C@@]1(C)O)=C\C=C\CO. The molecule has 0 heterocycles. The highest BCUT2D eigenvalue weighted by Gasteiger charge is 2.40. The zero-order valence-electron chi connectivity index (χ0n) is 12.5. The van der Waals surface area contributed by atoms with Gasteiger partial charge in [0.2, 0.25) is 0 Å². The molecular formula is C17H26O2. The van der Waals surface area contributed by atoms with Gasteiger partial charge in [-0.1, -0.05) is 32.1 Å². The molecule has 0 bridgehead atoms. The number of hydrogen-bond donors (Lipinski definition) is 2. The molecule has 1 aliphatic carbocycles. The molecule has 0 aromatic carbocycles. The van der Waals surface area contributed by atoms with Crippen molar-refractivity contribution in [2.45, 2.75) is 52.6 Å². The Bertz CT molecular complexity index is 412. The summed E-state index contributed by atoms with van der Waals surface area (Å²) in [6, 6.07) is 0. The van der Waals surface area contributed by atoms with Crippen LogP contribution in [-0.2, 0) is 0 Å². The van der Waals surface area contributed by atoms with Gasteiger partial charge in [0.15, 0.2) is 0 Å². The molecule has 2 N–H and O–H groups in total. The van der Waals surface area contributed by atoms with Crippen molar-refractivity contribution in [2.75, 3.05) is 6.61 Å². The maximum Gasteiger partial charge on any atom is 0.0907 e. The van der Waals surface area contributed by atoms with Gasteiger partial charge in [-0.15, -0.1) is 5.73 Å². The van der Waals surface area contributed by atoms with Crippen molar-refractivity contribution in [3.05, 3.63) is 41.2 Å². The Kier molecular flexibility index (Phi) is 5.37. The second-order valence-electron chi connectivity index (χ2n) is 6.20. The van der Waals surface area contributed by atoms with Gasteiger partial charge >= 0.3 is 0 Å². The summed E-state index contributed by atoms with van der Waals surface area (Å²) in [6.45, 7) is 8.26. The van der Waals surface area contributed by atoms with Crippen molar-refractivity contribution in [1.82, 2.24) is 0 Å². The number of allylic oxidation sites excluding steroid dienone is 3. The molecule has 19 heavy (non-hydrogen) atoms. The molecule has 1 fully saturated rings. The predicted molar refractivity (Wildman–Crippen MR) is 79.8 cm³/mol. The van der Waals surface area contributed by atoms with E-state index in [2.05, 4.69) is 19.6 Å². The predicted octanol–water partition coefficient (Wildman–Crippen LogP) is 3.52. The molecule has 0 radical (unpaired) electrons. The van der Waals surface area contributed by atoms with Crippen molar-refractivity contribution in [1.29, 1.82) is 0 Å². The summed E-state index contributed by atoms with van der Waals surface area (Å²) in [5, 5.41) is 19.2. The zero-order chi connectivity index (χ0) is 14.5. The van der Waals surface area contributed by atoms with Crippen molar-refractivity contribution < 1.29 is 10.2 Å². The number of aliphatic hydroxyl groups is 2. The van der Waals surface area contributed by atoms with Gasteiger partial charge in [-0.05, 0) is 50.2 Å². The average molecular weight is 262 g/mol. The van der Waals surface area contributed by atoms with Gasteiger partial charge in [0.1, 0.15) is 0 Å². The lowest BCUT2D eigenvalue weighted by molar-refractivity contribution is 0.0401. The Morgan fingerprint density at radius 3 is 2.58 bits per heavy atom. The lowest BCUT2D eigenvalue weighted by atomic mass is 9.66. The first-order chi connectivity index (χ1) is 8.79. The summed E-state index contributed by atoms with van der Waals surface area (Å²) in [5.41, 5.74) is 4.60. The van der Waals surface area contributed by atoms with Crippen LogP contribution in [0.4, 0.5) is 0 Å². The van der Waals surface area contributed by atoms with E-state index in [9.17, 15) is 5.11 Å². The van der Waals surface area contributed by atoms with E-state index in [-0.39, 0.29) is 12.0 Å². The highest BCUT2D eigenvalue weighted by atomic mass is 16.3. The van der Waals surface area contributed by atoms with E-state index in [1.807, 2.05) is 32.1 Å². The molecule has 1 atom stereocenters. The van der Waals surface area contributed by atoms with Crippen molar-refractivity contribution in [2.24, 2.45) is 5.41 Å². The topological polar surface area (TPSA) is 40.5 Å². The summed E-state index contributed by atoms with van der Waals surface area (Å²) in [4.78, 5) is 0. The second-order valence-corrected chi connectivity index (χ2v) is 6.20. The third-order valence-corrected chi connectivity index (χ3v) is 3.73. The average Bonchev–Trinajstić information content (AvgIpc) is 2.27. The normalized spacial score (nSPS) is 27.5. The van der Waals surface area contributed by atoms with E-state index in [1.165, 1.54) is 0 Å². The lowest BCUT2D eigenvalue weighted by Gasteiger charge is -2.41. The third-order valence-electron chi connectivity index (χ3n) is 3.73. The van der Waals surface area contributed by atoms with Crippen LogP contribution in [-0.4, -0.2) is 22.4 Å². The largest absolute Gasteiger partial charge is 0.392 e. The molecule has 0 spiro atoms. The fourth-order valence-corrected chi connectivity index (χ4v) is 2.72. The lowest BCUT2D eigenvalue weighted by Crippen LogP contribution is -2.39. The number of rotatable bonds is 3. The van der Waals surface area contributed by atoms with Crippen LogP contribution in [0.25, 0.3) is 0 Å². The van der Waals surface area contributed by atoms with Gasteiger partial charge in [0, 0.05) is 5.57 Å². The maximum atomic E-state index is 10.5. The van der Waals surface area contributed by atoms with Crippen LogP contribution in [0.5, 0.6) is 0 Å². The molecule has 1 saturated carbocycles. The molecule has 2 nitrogen and oxygen atoms in total. The van der Waals surface area contributed by atoms with Gasteiger partial charge in [-0.25, -0.2) is 0 Å². The van der Waals surface area contributed by atoms with E-state index >= 15 is 0 Å². The first-order valence-electron chi connectivity index (χ1n) is 6.94. The smallest absolute Gasteiger partial charge is 0.0907 e. The van der Waals surface area contributed by atoms with Crippen LogP contribution in [0.1, 0.15) is 47.0 Å². The fourth-order valence-electron chi connectivity index (χ4n) is 2.72. The van der Waals surface area contributed by atoms with Crippen LogP contribution >= 0.6 is 0 Å². The summed E-state index contributed by atoms with van der Waals surface area (Å²) >= 11 is 0. The van der Waals surface area contributed by atoms with Crippen LogP contribution < -0.4 is 0 Å². The number of hydrogen-bond acceptors (Lipinski definition) is 2. The van der Waals surface area contributed by atoms with Gasteiger partial charge in [0.05, 0.1) is 12.2 Å². The molecule has 0 aromatic heterocycles. The summed E-state index contributed by atoms with van der Waals surface area (Å²) in [7, 11) is 0. The minimum atomic E-state index is -0.751. The van der Waals surface area contributed by atoms with Gasteiger partial charge in [-0.2, -0.15) is 0 Å². The van der Waals surface area contributed by atoms with E-state index < -0.39 is 5.60 Å². The molecular weight excluding hydrogens is 236 g/mol. The van der Waals surface area contributed by atoms with Crippen LogP contribution in [0.2, 0.25) is 0 Å². The molecule has 0 saturated heterocycles. The Hall–Kier alpha value is -1.08. The first kappa shape index (κ1) is 16.0. The Morgan fingerprint density at radius 1 is 1.32 bits per heavy atom. The summed E-state index contributed by atoms with van der Waals surface area (Å²) in [5.74, 6) is 0. The van der Waals surface area contributed by atoms with Gasteiger partial charge in [0.25, 0.3) is 0 Å². The van der Waals surface area contributed by atoms with Gasteiger partial charge in [-0.3, -0.25) is 0 Å². The minimum absolute atomic E-state index is 0.000528. The minimum Gasteiger partial charge on any atom is -0.392 e. The molecule has 1 aliphatic rings. The van der Waals surface area contributed by atoms with E-state index in [4.69, 9.17) is 5.11 Å². The quantitative estimate of drug-likeness (QED) is 0.603. The van der Waals surface area contributed by atoms with Crippen molar-refractivity contribution in [3.63, 3.8) is 0 Å². The molecule has 0 aliphatic heterocycles. The Morgan fingerprint density at radius 2 is 2.00 bits per heavy atom.